The predicted molar refractivity (Wildman–Crippen MR) is 123 cm³/mol. The topological polar surface area (TPSA) is 64.0 Å². The summed E-state index contributed by atoms with van der Waals surface area (Å²) in [6.45, 7) is 3.87. The van der Waals surface area contributed by atoms with Crippen molar-refractivity contribution in [3.63, 3.8) is 0 Å². The first-order valence-electron chi connectivity index (χ1n) is 9.80. The third-order valence-corrected chi connectivity index (χ3v) is 5.67. The molecule has 0 saturated heterocycles. The molecule has 0 radical (unpaired) electrons. The van der Waals surface area contributed by atoms with E-state index in [2.05, 4.69) is 10.3 Å². The fourth-order valence-electron chi connectivity index (χ4n) is 3.46. The molecule has 0 atom stereocenters. The molecule has 1 heterocycles. The number of fused-ring (bicyclic) bond motifs is 1. The number of rotatable bonds is 5. The lowest BCUT2D eigenvalue weighted by atomic mass is 10.1. The Labute approximate surface area is 187 Å². The van der Waals surface area contributed by atoms with Crippen LogP contribution in [0.5, 0.6) is 0 Å². The number of aromatic nitrogens is 2. The maximum Gasteiger partial charge on any atom is 0.266 e. The lowest BCUT2D eigenvalue weighted by molar-refractivity contribution is -0.113. The van der Waals surface area contributed by atoms with E-state index in [1.165, 1.54) is 6.07 Å². The molecule has 4 rings (SSSR count). The zero-order valence-corrected chi connectivity index (χ0v) is 18.2. The number of nitrogens with zero attached hydrogens (tertiary/aromatic N) is 2. The number of benzene rings is 3. The first-order valence-corrected chi connectivity index (χ1v) is 10.8. The van der Waals surface area contributed by atoms with Crippen molar-refractivity contribution < 1.29 is 13.6 Å². The van der Waals surface area contributed by atoms with Gasteiger partial charge in [0, 0.05) is 11.8 Å². The van der Waals surface area contributed by atoms with E-state index in [1.54, 1.807) is 24.3 Å². The van der Waals surface area contributed by atoms with Crippen molar-refractivity contribution in [2.75, 3.05) is 11.1 Å². The zero-order valence-electron chi connectivity index (χ0n) is 17.4. The molecule has 0 saturated carbocycles. The number of halogens is 2. The molecular formula is C24H19F2N3O2S. The molecule has 1 aromatic heterocycles. The Morgan fingerprint density at radius 2 is 1.75 bits per heavy atom. The Balaban J connectivity index is 1.69. The third-order valence-electron chi connectivity index (χ3n) is 4.73. The molecule has 0 aliphatic heterocycles. The number of carbonyl (C=O) groups excluding carboxylic acids is 1. The van der Waals surface area contributed by atoms with Crippen LogP contribution in [0.2, 0.25) is 0 Å². The minimum absolute atomic E-state index is 0.0550. The summed E-state index contributed by atoms with van der Waals surface area (Å²) in [5.74, 6) is -2.00. The van der Waals surface area contributed by atoms with Crippen LogP contribution in [0.1, 0.15) is 11.1 Å². The molecule has 0 bridgehead atoms. The van der Waals surface area contributed by atoms with Crippen LogP contribution in [-0.2, 0) is 4.79 Å². The number of anilines is 1. The molecular weight excluding hydrogens is 432 g/mol. The van der Waals surface area contributed by atoms with Gasteiger partial charge in [0.05, 0.1) is 22.3 Å². The summed E-state index contributed by atoms with van der Waals surface area (Å²) >= 11 is 0.999. The molecule has 0 spiro atoms. The van der Waals surface area contributed by atoms with E-state index in [-0.39, 0.29) is 22.5 Å². The molecule has 1 N–H and O–H groups in total. The molecule has 0 aliphatic carbocycles. The van der Waals surface area contributed by atoms with Crippen LogP contribution < -0.4 is 10.9 Å². The van der Waals surface area contributed by atoms with Crippen molar-refractivity contribution in [2.45, 2.75) is 19.0 Å². The molecule has 162 valence electrons. The summed E-state index contributed by atoms with van der Waals surface area (Å²) in [5.41, 5.74) is 2.50. The normalized spacial score (nSPS) is 11.0. The molecule has 5 nitrogen and oxygen atoms in total. The lowest BCUT2D eigenvalue weighted by Gasteiger charge is -2.14. The molecule has 0 unspecified atom stereocenters. The highest BCUT2D eigenvalue weighted by Gasteiger charge is 2.18. The Morgan fingerprint density at radius 1 is 1.03 bits per heavy atom. The second-order valence-corrected chi connectivity index (χ2v) is 8.30. The number of carbonyl (C=O) groups is 1. The van der Waals surface area contributed by atoms with Crippen molar-refractivity contribution in [3.8, 4) is 5.69 Å². The monoisotopic (exact) mass is 451 g/mol. The number of aryl methyl sites for hydroxylation is 2. The van der Waals surface area contributed by atoms with Crippen LogP contribution in [0.3, 0.4) is 0 Å². The second-order valence-electron chi connectivity index (χ2n) is 7.36. The van der Waals surface area contributed by atoms with Crippen molar-refractivity contribution in [1.82, 2.24) is 9.55 Å². The molecule has 4 aromatic rings. The summed E-state index contributed by atoms with van der Waals surface area (Å²) in [6, 6.07) is 15.3. The Bertz CT molecular complexity index is 1380. The predicted octanol–water partition coefficient (Wildman–Crippen LogP) is 5.01. The third kappa shape index (κ3) is 4.55. The maximum absolute atomic E-state index is 14.5. The molecule has 32 heavy (non-hydrogen) atoms. The lowest BCUT2D eigenvalue weighted by Crippen LogP contribution is -2.23. The first-order chi connectivity index (χ1) is 15.3. The van der Waals surface area contributed by atoms with Gasteiger partial charge in [0.2, 0.25) is 5.91 Å². The van der Waals surface area contributed by atoms with Crippen LogP contribution >= 0.6 is 11.8 Å². The fourth-order valence-corrected chi connectivity index (χ4v) is 4.26. The molecule has 0 fully saturated rings. The van der Waals surface area contributed by atoms with Gasteiger partial charge in [-0.05, 0) is 61.4 Å². The van der Waals surface area contributed by atoms with Crippen molar-refractivity contribution >= 4 is 34.3 Å². The minimum atomic E-state index is -0.897. The van der Waals surface area contributed by atoms with Gasteiger partial charge in [-0.2, -0.15) is 0 Å². The van der Waals surface area contributed by atoms with E-state index >= 15 is 0 Å². The molecule has 8 heteroatoms. The van der Waals surface area contributed by atoms with E-state index in [4.69, 9.17) is 0 Å². The summed E-state index contributed by atoms with van der Waals surface area (Å²) in [6.07, 6.45) is 0. The molecule has 0 aliphatic rings. The summed E-state index contributed by atoms with van der Waals surface area (Å²) in [4.78, 5) is 30.2. The number of hydrogen-bond acceptors (Lipinski definition) is 4. The van der Waals surface area contributed by atoms with Crippen molar-refractivity contribution in [2.24, 2.45) is 0 Å². The van der Waals surface area contributed by atoms with E-state index in [1.807, 2.05) is 32.0 Å². The SMILES string of the molecule is Cc1cc(C)cc(NC(=O)CSc2nc3ccccc3c(=O)n2-c2ccc(F)cc2F)c1. The van der Waals surface area contributed by atoms with Gasteiger partial charge in [-0.15, -0.1) is 0 Å². The van der Waals surface area contributed by atoms with Gasteiger partial charge in [-0.3, -0.25) is 14.2 Å². The number of thioether (sulfide) groups is 1. The Kier molecular flexibility index (Phi) is 6.05. The smallest absolute Gasteiger partial charge is 0.266 e. The van der Waals surface area contributed by atoms with Gasteiger partial charge in [0.1, 0.15) is 11.6 Å². The zero-order chi connectivity index (χ0) is 22.8. The van der Waals surface area contributed by atoms with Crippen LogP contribution in [0.4, 0.5) is 14.5 Å². The van der Waals surface area contributed by atoms with Gasteiger partial charge in [-0.1, -0.05) is 30.0 Å². The number of hydrogen-bond donors (Lipinski definition) is 1. The van der Waals surface area contributed by atoms with E-state index in [9.17, 15) is 18.4 Å². The average Bonchev–Trinajstić information content (AvgIpc) is 2.72. The van der Waals surface area contributed by atoms with Crippen LogP contribution in [0.15, 0.2) is 70.6 Å². The highest BCUT2D eigenvalue weighted by atomic mass is 32.2. The van der Waals surface area contributed by atoms with Crippen molar-refractivity contribution in [3.05, 3.63) is 93.8 Å². The number of amides is 1. The summed E-state index contributed by atoms with van der Waals surface area (Å²) in [5, 5.41) is 3.25. The van der Waals surface area contributed by atoms with Gasteiger partial charge < -0.3 is 5.32 Å². The van der Waals surface area contributed by atoms with Gasteiger partial charge in [-0.25, -0.2) is 13.8 Å². The Hall–Kier alpha value is -3.52. The maximum atomic E-state index is 14.5. The van der Waals surface area contributed by atoms with Crippen molar-refractivity contribution in [1.29, 1.82) is 0 Å². The van der Waals surface area contributed by atoms with E-state index in [0.29, 0.717) is 22.7 Å². The van der Waals surface area contributed by atoms with Gasteiger partial charge >= 0.3 is 0 Å². The van der Waals surface area contributed by atoms with Gasteiger partial charge in [0.15, 0.2) is 5.16 Å². The van der Waals surface area contributed by atoms with Gasteiger partial charge in [0.25, 0.3) is 5.56 Å². The second kappa shape index (κ2) is 8.92. The fraction of sp³-hybridized carbons (Fsp3) is 0.125. The quantitative estimate of drug-likeness (QED) is 0.342. The number of para-hydroxylation sites is 1. The summed E-state index contributed by atoms with van der Waals surface area (Å²) in [7, 11) is 0. The largest absolute Gasteiger partial charge is 0.325 e. The van der Waals surface area contributed by atoms with E-state index in [0.717, 1.165) is 33.5 Å². The highest BCUT2D eigenvalue weighted by Crippen LogP contribution is 2.24. The number of nitrogens with one attached hydrogen (secondary N) is 1. The average molecular weight is 451 g/mol. The molecule has 3 aromatic carbocycles. The standard InChI is InChI=1S/C24H19F2N3O2S/c1-14-9-15(2)11-17(10-14)27-22(30)13-32-24-28-20-6-4-3-5-18(20)23(31)29(24)21-8-7-16(25)12-19(21)26/h3-12H,13H2,1-2H3,(H,27,30). The molecule has 1 amide bonds. The first kappa shape index (κ1) is 21.7. The van der Waals surface area contributed by atoms with E-state index < -0.39 is 17.2 Å². The van der Waals surface area contributed by atoms with Crippen LogP contribution in [0, 0.1) is 25.5 Å². The Morgan fingerprint density at radius 3 is 2.47 bits per heavy atom. The van der Waals surface area contributed by atoms with Crippen LogP contribution in [-0.4, -0.2) is 21.2 Å². The minimum Gasteiger partial charge on any atom is -0.325 e. The highest BCUT2D eigenvalue weighted by molar-refractivity contribution is 7.99. The summed E-state index contributed by atoms with van der Waals surface area (Å²) < 4.78 is 29.1. The van der Waals surface area contributed by atoms with Crippen LogP contribution in [0.25, 0.3) is 16.6 Å².